The summed E-state index contributed by atoms with van der Waals surface area (Å²) >= 11 is 6.11. The van der Waals surface area contributed by atoms with Gasteiger partial charge in [-0.3, -0.25) is 13.9 Å². The highest BCUT2D eigenvalue weighted by Gasteiger charge is 2.34. The predicted molar refractivity (Wildman–Crippen MR) is 168 cm³/mol. The van der Waals surface area contributed by atoms with Gasteiger partial charge in [-0.2, -0.15) is 0 Å². The number of carbonyl (C=O) groups is 2. The number of nitrogens with zero attached hydrogens (tertiary/aromatic N) is 2. The van der Waals surface area contributed by atoms with E-state index in [1.165, 1.54) is 18.6 Å². The topological polar surface area (TPSA) is 86.8 Å². The number of carbonyl (C=O) groups excluding carboxylic acids is 2. The molecule has 3 aromatic carbocycles. The molecule has 0 heterocycles. The molecule has 7 nitrogen and oxygen atoms in total. The molecular formula is C33H40ClN3O4S. The number of nitrogens with one attached hydrogen (secondary N) is 1. The Kier molecular flexibility index (Phi) is 11.0. The van der Waals surface area contributed by atoms with Gasteiger partial charge in [0.1, 0.15) is 12.6 Å². The van der Waals surface area contributed by atoms with Crippen LogP contribution in [0.1, 0.15) is 56.6 Å². The third-order valence-electron chi connectivity index (χ3n) is 7.82. The molecule has 9 heteroatoms. The summed E-state index contributed by atoms with van der Waals surface area (Å²) in [6.45, 7) is 3.58. The van der Waals surface area contributed by atoms with Crippen molar-refractivity contribution >= 4 is 39.1 Å². The van der Waals surface area contributed by atoms with Crippen molar-refractivity contribution in [3.05, 3.63) is 95.0 Å². The third-order valence-corrected chi connectivity index (χ3v) is 9.86. The number of halogens is 1. The summed E-state index contributed by atoms with van der Waals surface area (Å²) in [5.74, 6) is -0.632. The van der Waals surface area contributed by atoms with Crippen molar-refractivity contribution in [3.8, 4) is 0 Å². The van der Waals surface area contributed by atoms with Gasteiger partial charge in [-0.15, -0.1) is 0 Å². The number of anilines is 1. The maximum Gasteiger partial charge on any atom is 0.264 e. The molecule has 4 rings (SSSR count). The first kappa shape index (κ1) is 31.6. The number of sulfonamides is 1. The van der Waals surface area contributed by atoms with Gasteiger partial charge in [0, 0.05) is 17.6 Å². The number of aryl methyl sites for hydroxylation is 1. The lowest BCUT2D eigenvalue weighted by molar-refractivity contribution is -0.140. The van der Waals surface area contributed by atoms with Crippen LogP contribution in [0.15, 0.2) is 83.8 Å². The van der Waals surface area contributed by atoms with Crippen molar-refractivity contribution in [1.29, 1.82) is 0 Å². The molecule has 1 saturated carbocycles. The highest BCUT2D eigenvalue weighted by molar-refractivity contribution is 7.92. The van der Waals surface area contributed by atoms with Crippen molar-refractivity contribution in [2.45, 2.75) is 75.8 Å². The summed E-state index contributed by atoms with van der Waals surface area (Å²) in [5.41, 5.74) is 2.26. The van der Waals surface area contributed by atoms with Crippen molar-refractivity contribution in [1.82, 2.24) is 10.2 Å². The van der Waals surface area contributed by atoms with E-state index in [-0.39, 0.29) is 23.4 Å². The largest absolute Gasteiger partial charge is 0.352 e. The smallest absolute Gasteiger partial charge is 0.264 e. The van der Waals surface area contributed by atoms with Crippen LogP contribution in [0.4, 0.5) is 5.69 Å². The quantitative estimate of drug-likeness (QED) is 0.267. The SMILES string of the molecule is CCC(C(=O)NC1CCCCC1)N(CCc1ccccc1)C(=O)CN(c1ccc(Cl)cc1)S(=O)(=O)c1ccc(C)cc1. The maximum absolute atomic E-state index is 14.2. The van der Waals surface area contributed by atoms with Crippen LogP contribution >= 0.6 is 11.6 Å². The van der Waals surface area contributed by atoms with Gasteiger partial charge >= 0.3 is 0 Å². The second-order valence-electron chi connectivity index (χ2n) is 10.9. The zero-order valence-corrected chi connectivity index (χ0v) is 25.9. The molecule has 1 N–H and O–H groups in total. The van der Waals surface area contributed by atoms with E-state index in [9.17, 15) is 18.0 Å². The number of hydrogen-bond acceptors (Lipinski definition) is 4. The molecule has 2 amide bonds. The van der Waals surface area contributed by atoms with E-state index in [1.807, 2.05) is 44.2 Å². The Balaban J connectivity index is 1.66. The zero-order chi connectivity index (χ0) is 30.1. The zero-order valence-electron chi connectivity index (χ0n) is 24.3. The summed E-state index contributed by atoms with van der Waals surface area (Å²) < 4.78 is 29.0. The van der Waals surface area contributed by atoms with E-state index in [2.05, 4.69) is 5.32 Å². The van der Waals surface area contributed by atoms with Crippen molar-refractivity contribution in [3.63, 3.8) is 0 Å². The number of amides is 2. The molecule has 1 aliphatic carbocycles. The molecule has 1 fully saturated rings. The normalized spacial score (nSPS) is 14.6. The minimum Gasteiger partial charge on any atom is -0.352 e. The van der Waals surface area contributed by atoms with Gasteiger partial charge in [-0.05, 0) is 74.6 Å². The fourth-order valence-electron chi connectivity index (χ4n) is 5.41. The highest BCUT2D eigenvalue weighted by atomic mass is 35.5. The van der Waals surface area contributed by atoms with Crippen molar-refractivity contribution in [2.75, 3.05) is 17.4 Å². The highest BCUT2D eigenvalue weighted by Crippen LogP contribution is 2.26. The van der Waals surface area contributed by atoms with Gasteiger partial charge in [0.15, 0.2) is 0 Å². The van der Waals surface area contributed by atoms with Crippen LogP contribution in [0.3, 0.4) is 0 Å². The first-order valence-corrected chi connectivity index (χ1v) is 16.5. The molecule has 0 bridgehead atoms. The Morgan fingerprint density at radius 3 is 2.19 bits per heavy atom. The standard InChI is InChI=1S/C33H40ClN3O4S/c1-3-31(33(39)35-28-12-8-5-9-13-28)36(23-22-26-10-6-4-7-11-26)32(38)24-37(29-18-16-27(34)17-19-29)42(40,41)30-20-14-25(2)15-21-30/h4,6-7,10-11,14-21,28,31H,3,5,8-9,12-13,22-24H2,1-2H3,(H,35,39). The van der Waals surface area contributed by atoms with Gasteiger partial charge in [-0.1, -0.05) is 85.8 Å². The van der Waals surface area contributed by atoms with Crippen LogP contribution in [-0.4, -0.2) is 50.3 Å². The second-order valence-corrected chi connectivity index (χ2v) is 13.2. The monoisotopic (exact) mass is 609 g/mol. The van der Waals surface area contributed by atoms with E-state index in [0.717, 1.165) is 41.1 Å². The summed E-state index contributed by atoms with van der Waals surface area (Å²) in [7, 11) is -4.11. The van der Waals surface area contributed by atoms with Gasteiger partial charge in [-0.25, -0.2) is 8.42 Å². The second kappa shape index (κ2) is 14.7. The average Bonchev–Trinajstić information content (AvgIpc) is 2.99. The molecule has 0 aliphatic heterocycles. The molecule has 1 unspecified atom stereocenters. The molecule has 3 aromatic rings. The third kappa shape index (κ3) is 8.13. The Hall–Kier alpha value is -3.36. The molecule has 0 saturated heterocycles. The average molecular weight is 610 g/mol. The molecule has 0 spiro atoms. The fourth-order valence-corrected chi connectivity index (χ4v) is 6.95. The van der Waals surface area contributed by atoms with Crippen LogP contribution in [0.5, 0.6) is 0 Å². The lowest BCUT2D eigenvalue weighted by Crippen LogP contribution is -2.54. The summed E-state index contributed by atoms with van der Waals surface area (Å²) in [5, 5.41) is 3.63. The van der Waals surface area contributed by atoms with E-state index >= 15 is 0 Å². The molecule has 0 aromatic heterocycles. The molecule has 0 radical (unpaired) electrons. The molecule has 224 valence electrons. The number of hydrogen-bond donors (Lipinski definition) is 1. The van der Waals surface area contributed by atoms with E-state index < -0.39 is 28.5 Å². The van der Waals surface area contributed by atoms with Gasteiger partial charge < -0.3 is 10.2 Å². The fraction of sp³-hybridized carbons (Fsp3) is 0.394. The summed E-state index contributed by atoms with van der Waals surface area (Å²) in [4.78, 5) is 29.4. The Morgan fingerprint density at radius 2 is 1.57 bits per heavy atom. The minimum atomic E-state index is -4.11. The van der Waals surface area contributed by atoms with Crippen LogP contribution < -0.4 is 9.62 Å². The van der Waals surface area contributed by atoms with Gasteiger partial charge in [0.05, 0.1) is 10.6 Å². The predicted octanol–water partition coefficient (Wildman–Crippen LogP) is 6.14. The van der Waals surface area contributed by atoms with Crippen LogP contribution in [0.25, 0.3) is 0 Å². The molecule has 1 aliphatic rings. The lowest BCUT2D eigenvalue weighted by Gasteiger charge is -2.34. The van der Waals surface area contributed by atoms with E-state index in [1.54, 1.807) is 41.3 Å². The van der Waals surface area contributed by atoms with E-state index in [0.29, 0.717) is 23.6 Å². The summed E-state index contributed by atoms with van der Waals surface area (Å²) in [6.07, 6.45) is 6.12. The summed E-state index contributed by atoms with van der Waals surface area (Å²) in [6, 6.07) is 22.0. The maximum atomic E-state index is 14.2. The van der Waals surface area contributed by atoms with Gasteiger partial charge in [0.25, 0.3) is 10.0 Å². The van der Waals surface area contributed by atoms with Crippen molar-refractivity contribution < 1.29 is 18.0 Å². The molecular weight excluding hydrogens is 570 g/mol. The van der Waals surface area contributed by atoms with Crippen LogP contribution in [0, 0.1) is 6.92 Å². The Bertz CT molecular complexity index is 1420. The number of rotatable bonds is 12. The number of benzene rings is 3. The first-order chi connectivity index (χ1) is 20.2. The minimum absolute atomic E-state index is 0.0776. The molecule has 42 heavy (non-hydrogen) atoms. The Morgan fingerprint density at radius 1 is 0.929 bits per heavy atom. The van der Waals surface area contributed by atoms with Gasteiger partial charge in [0.2, 0.25) is 11.8 Å². The lowest BCUT2D eigenvalue weighted by atomic mass is 9.95. The Labute approximate surface area is 254 Å². The van der Waals surface area contributed by atoms with E-state index in [4.69, 9.17) is 11.6 Å². The molecule has 1 atom stereocenters. The van der Waals surface area contributed by atoms with Crippen molar-refractivity contribution in [2.24, 2.45) is 0 Å². The van der Waals surface area contributed by atoms with Crippen LogP contribution in [0.2, 0.25) is 5.02 Å². The first-order valence-electron chi connectivity index (χ1n) is 14.7. The van der Waals surface area contributed by atoms with Crippen LogP contribution in [-0.2, 0) is 26.0 Å².